The van der Waals surface area contributed by atoms with E-state index in [1.165, 1.54) is 6.33 Å². The highest BCUT2D eigenvalue weighted by Crippen LogP contribution is 2.16. The van der Waals surface area contributed by atoms with E-state index in [2.05, 4.69) is 52.0 Å². The van der Waals surface area contributed by atoms with Gasteiger partial charge in [-0.1, -0.05) is 13.8 Å². The molecule has 1 rings (SSSR count). The maximum Gasteiger partial charge on any atom is 0.267 e. The number of anilines is 1. The quantitative estimate of drug-likeness (QED) is 0.876. The molecular weight excluding hydrogens is 270 g/mol. The second-order valence-electron chi connectivity index (χ2n) is 4.41. The molecule has 1 unspecified atom stereocenters. The van der Waals surface area contributed by atoms with E-state index in [1.54, 1.807) is 0 Å². The third-order valence-corrected chi connectivity index (χ3v) is 3.09. The summed E-state index contributed by atoms with van der Waals surface area (Å²) in [4.78, 5) is 17.9. The Labute approximate surface area is 104 Å². The number of nitrogens with one attached hydrogen (secondary N) is 2. The average Bonchev–Trinajstić information content (AvgIpc) is 2.22. The van der Waals surface area contributed by atoms with Gasteiger partial charge in [-0.25, -0.2) is 4.98 Å². The number of H-pyrrole nitrogens is 1. The predicted molar refractivity (Wildman–Crippen MR) is 69.7 cm³/mol. The van der Waals surface area contributed by atoms with Gasteiger partial charge in [-0.05, 0) is 41.6 Å². The first kappa shape index (κ1) is 13.2. The van der Waals surface area contributed by atoms with Crippen LogP contribution in [0.3, 0.4) is 0 Å². The molecule has 2 N–H and O–H groups in total. The molecule has 0 aliphatic rings. The maximum atomic E-state index is 11.3. The van der Waals surface area contributed by atoms with Gasteiger partial charge in [0.25, 0.3) is 5.56 Å². The Morgan fingerprint density at radius 3 is 2.75 bits per heavy atom. The fraction of sp³-hybridized carbons (Fsp3) is 0.636. The van der Waals surface area contributed by atoms with Gasteiger partial charge in [-0.3, -0.25) is 4.79 Å². The molecule has 1 atom stereocenters. The zero-order chi connectivity index (χ0) is 12.1. The molecule has 0 aliphatic heterocycles. The van der Waals surface area contributed by atoms with E-state index in [0.717, 1.165) is 12.8 Å². The summed E-state index contributed by atoms with van der Waals surface area (Å²) < 4.78 is 0.464. The summed E-state index contributed by atoms with van der Waals surface area (Å²) in [5, 5.41) is 3.23. The maximum absolute atomic E-state index is 11.3. The van der Waals surface area contributed by atoms with E-state index in [4.69, 9.17) is 0 Å². The Bertz CT molecular complexity index is 389. The van der Waals surface area contributed by atoms with Gasteiger partial charge in [0.2, 0.25) is 0 Å². The van der Waals surface area contributed by atoms with Crippen LogP contribution in [0, 0.1) is 5.92 Å². The van der Waals surface area contributed by atoms with Crippen LogP contribution in [0.1, 0.15) is 33.6 Å². The first-order valence-electron chi connectivity index (χ1n) is 5.50. The minimum Gasteiger partial charge on any atom is -0.366 e. The average molecular weight is 288 g/mol. The van der Waals surface area contributed by atoms with Gasteiger partial charge in [-0.15, -0.1) is 0 Å². The van der Waals surface area contributed by atoms with E-state index >= 15 is 0 Å². The van der Waals surface area contributed by atoms with Gasteiger partial charge in [0.05, 0.1) is 6.33 Å². The first-order chi connectivity index (χ1) is 7.50. The zero-order valence-corrected chi connectivity index (χ0v) is 11.5. The number of aromatic amines is 1. The van der Waals surface area contributed by atoms with Gasteiger partial charge < -0.3 is 10.3 Å². The second kappa shape index (κ2) is 6.03. The van der Waals surface area contributed by atoms with Crippen molar-refractivity contribution in [2.45, 2.75) is 39.7 Å². The minimum atomic E-state index is -0.159. The lowest BCUT2D eigenvalue weighted by Gasteiger charge is -2.15. The number of rotatable bonds is 5. The number of aromatic nitrogens is 2. The van der Waals surface area contributed by atoms with Crippen molar-refractivity contribution in [3.05, 3.63) is 21.2 Å². The molecule has 1 aromatic heterocycles. The summed E-state index contributed by atoms with van der Waals surface area (Å²) in [6.07, 6.45) is 3.64. The van der Waals surface area contributed by atoms with Crippen LogP contribution in [-0.2, 0) is 0 Å². The smallest absolute Gasteiger partial charge is 0.267 e. The Kier molecular flexibility index (Phi) is 4.99. The predicted octanol–water partition coefficient (Wildman–Crippen LogP) is 2.77. The molecule has 0 aliphatic carbocycles. The van der Waals surface area contributed by atoms with Gasteiger partial charge in [-0.2, -0.15) is 0 Å². The third-order valence-electron chi connectivity index (χ3n) is 2.36. The van der Waals surface area contributed by atoms with Crippen LogP contribution >= 0.6 is 15.9 Å². The van der Waals surface area contributed by atoms with Crippen molar-refractivity contribution < 1.29 is 0 Å². The van der Waals surface area contributed by atoms with Gasteiger partial charge >= 0.3 is 0 Å². The van der Waals surface area contributed by atoms with Crippen LogP contribution < -0.4 is 10.9 Å². The standard InChI is InChI=1S/C11H18BrN3O/c1-7(2)4-5-8(3)15-10-9(12)11(16)14-6-13-10/h6-8H,4-5H2,1-3H3,(H2,13,14,15,16). The topological polar surface area (TPSA) is 57.8 Å². The largest absolute Gasteiger partial charge is 0.366 e. The van der Waals surface area contributed by atoms with Crippen molar-refractivity contribution in [1.82, 2.24) is 9.97 Å². The summed E-state index contributed by atoms with van der Waals surface area (Å²) in [6.45, 7) is 6.50. The molecule has 0 fully saturated rings. The van der Waals surface area contributed by atoms with Crippen LogP contribution in [0.5, 0.6) is 0 Å². The minimum absolute atomic E-state index is 0.159. The van der Waals surface area contributed by atoms with Crippen LogP contribution in [0.15, 0.2) is 15.6 Å². The normalized spacial score (nSPS) is 12.8. The van der Waals surface area contributed by atoms with Crippen molar-refractivity contribution in [2.24, 2.45) is 5.92 Å². The summed E-state index contributed by atoms with van der Waals surface area (Å²) in [7, 11) is 0. The van der Waals surface area contributed by atoms with Crippen molar-refractivity contribution in [3.63, 3.8) is 0 Å². The molecule has 90 valence electrons. The number of hydrogen-bond donors (Lipinski definition) is 2. The lowest BCUT2D eigenvalue weighted by molar-refractivity contribution is 0.527. The highest BCUT2D eigenvalue weighted by molar-refractivity contribution is 9.10. The van der Waals surface area contributed by atoms with E-state index in [1.807, 2.05) is 0 Å². The molecule has 0 spiro atoms. The third kappa shape index (κ3) is 3.96. The monoisotopic (exact) mass is 287 g/mol. The highest BCUT2D eigenvalue weighted by Gasteiger charge is 2.09. The summed E-state index contributed by atoms with van der Waals surface area (Å²) in [6, 6.07) is 0.313. The molecule has 0 saturated carbocycles. The number of hydrogen-bond acceptors (Lipinski definition) is 3. The summed E-state index contributed by atoms with van der Waals surface area (Å²) in [5.74, 6) is 1.31. The van der Waals surface area contributed by atoms with E-state index in [0.29, 0.717) is 22.3 Å². The molecule has 0 amide bonds. The van der Waals surface area contributed by atoms with Crippen LogP contribution in [0.25, 0.3) is 0 Å². The Morgan fingerprint density at radius 1 is 1.44 bits per heavy atom. The molecule has 0 radical (unpaired) electrons. The Balaban J connectivity index is 2.59. The molecule has 0 aromatic carbocycles. The molecular formula is C11H18BrN3O. The zero-order valence-electron chi connectivity index (χ0n) is 9.88. The molecule has 16 heavy (non-hydrogen) atoms. The van der Waals surface area contributed by atoms with Gasteiger partial charge in [0.1, 0.15) is 10.3 Å². The van der Waals surface area contributed by atoms with Crippen molar-refractivity contribution in [3.8, 4) is 0 Å². The molecule has 0 bridgehead atoms. The van der Waals surface area contributed by atoms with Gasteiger partial charge in [0, 0.05) is 6.04 Å². The lowest BCUT2D eigenvalue weighted by atomic mass is 10.0. The van der Waals surface area contributed by atoms with Crippen LogP contribution in [0.4, 0.5) is 5.82 Å². The molecule has 1 heterocycles. The molecule has 1 aromatic rings. The highest BCUT2D eigenvalue weighted by atomic mass is 79.9. The van der Waals surface area contributed by atoms with Crippen molar-refractivity contribution >= 4 is 21.7 Å². The fourth-order valence-corrected chi connectivity index (χ4v) is 1.70. The van der Waals surface area contributed by atoms with E-state index in [-0.39, 0.29) is 5.56 Å². The number of halogens is 1. The van der Waals surface area contributed by atoms with Crippen molar-refractivity contribution in [1.29, 1.82) is 0 Å². The molecule has 5 heteroatoms. The van der Waals surface area contributed by atoms with E-state index < -0.39 is 0 Å². The second-order valence-corrected chi connectivity index (χ2v) is 5.20. The van der Waals surface area contributed by atoms with Gasteiger partial charge in [0.15, 0.2) is 0 Å². The molecule has 0 saturated heterocycles. The lowest BCUT2D eigenvalue weighted by Crippen LogP contribution is -2.20. The van der Waals surface area contributed by atoms with E-state index in [9.17, 15) is 4.79 Å². The summed E-state index contributed by atoms with van der Waals surface area (Å²) >= 11 is 3.22. The van der Waals surface area contributed by atoms with Crippen LogP contribution in [-0.4, -0.2) is 16.0 Å². The van der Waals surface area contributed by atoms with Crippen LogP contribution in [0.2, 0.25) is 0 Å². The fourth-order valence-electron chi connectivity index (χ4n) is 1.37. The van der Waals surface area contributed by atoms with Crippen molar-refractivity contribution in [2.75, 3.05) is 5.32 Å². The number of nitrogens with zero attached hydrogens (tertiary/aromatic N) is 1. The first-order valence-corrected chi connectivity index (χ1v) is 6.29. The Morgan fingerprint density at radius 2 is 2.12 bits per heavy atom. The SMILES string of the molecule is CC(C)CCC(C)Nc1nc[nH]c(=O)c1Br. The molecule has 4 nitrogen and oxygen atoms in total. The Hall–Kier alpha value is -0.840. The summed E-state index contributed by atoms with van der Waals surface area (Å²) in [5.41, 5.74) is -0.159.